The Hall–Kier alpha value is -0.580. The molecule has 1 atom stereocenters. The molecule has 20 heavy (non-hydrogen) atoms. The first kappa shape index (κ1) is 15.8. The lowest BCUT2D eigenvalue weighted by Crippen LogP contribution is -2.29. The van der Waals surface area contributed by atoms with Gasteiger partial charge in [0.15, 0.2) is 0 Å². The Morgan fingerprint density at radius 2 is 2.30 bits per heavy atom. The van der Waals surface area contributed by atoms with Gasteiger partial charge in [0.2, 0.25) is 0 Å². The maximum absolute atomic E-state index is 5.89. The number of rotatable bonds is 7. The van der Waals surface area contributed by atoms with Gasteiger partial charge in [-0.1, -0.05) is 29.8 Å². The van der Waals surface area contributed by atoms with E-state index in [0.717, 1.165) is 29.9 Å². The van der Waals surface area contributed by atoms with Crippen molar-refractivity contribution >= 4 is 15.9 Å². The molecular formula is C16H24BrNO2. The molecule has 0 aromatic heterocycles. The van der Waals surface area contributed by atoms with E-state index in [2.05, 4.69) is 41.2 Å². The zero-order chi connectivity index (χ0) is 14.4. The predicted molar refractivity (Wildman–Crippen MR) is 85.6 cm³/mol. The van der Waals surface area contributed by atoms with E-state index in [1.54, 1.807) is 0 Å². The lowest BCUT2D eigenvalue weighted by atomic mass is 10.0. The van der Waals surface area contributed by atoms with E-state index in [1.165, 1.54) is 18.4 Å². The van der Waals surface area contributed by atoms with E-state index in [4.69, 9.17) is 9.47 Å². The monoisotopic (exact) mass is 341 g/mol. The summed E-state index contributed by atoms with van der Waals surface area (Å²) in [5, 5.41) is 3.40. The fourth-order valence-corrected chi connectivity index (χ4v) is 2.78. The molecular weight excluding hydrogens is 318 g/mol. The standard InChI is InChI=1S/C16H24BrNO2/c1-12(2)15-10-13(17)5-6-16(15)20-9-7-18-11-14-4-3-8-19-14/h5-6,10,12,14,18H,3-4,7-9,11H2,1-2H3/t14-/m1/s1. The molecule has 0 saturated carbocycles. The highest BCUT2D eigenvalue weighted by Gasteiger charge is 2.14. The molecule has 0 amide bonds. The molecule has 0 radical (unpaired) electrons. The summed E-state index contributed by atoms with van der Waals surface area (Å²) in [6.07, 6.45) is 2.77. The van der Waals surface area contributed by atoms with Crippen molar-refractivity contribution in [2.45, 2.75) is 38.7 Å². The van der Waals surface area contributed by atoms with Crippen LogP contribution in [0.4, 0.5) is 0 Å². The largest absolute Gasteiger partial charge is 0.492 e. The maximum atomic E-state index is 5.89. The van der Waals surface area contributed by atoms with Crippen molar-refractivity contribution in [3.63, 3.8) is 0 Å². The van der Waals surface area contributed by atoms with Gasteiger partial charge in [-0.2, -0.15) is 0 Å². The molecule has 0 unspecified atom stereocenters. The third-order valence-corrected chi connectivity index (χ3v) is 4.02. The lowest BCUT2D eigenvalue weighted by Gasteiger charge is -2.15. The Kier molecular flexibility index (Phi) is 6.33. The highest BCUT2D eigenvalue weighted by molar-refractivity contribution is 9.10. The number of hydrogen-bond donors (Lipinski definition) is 1. The molecule has 112 valence electrons. The van der Waals surface area contributed by atoms with E-state index in [1.807, 2.05) is 12.1 Å². The van der Waals surface area contributed by atoms with Crippen molar-refractivity contribution in [3.05, 3.63) is 28.2 Å². The first-order valence-electron chi connectivity index (χ1n) is 7.41. The third kappa shape index (κ3) is 4.76. The van der Waals surface area contributed by atoms with Crippen LogP contribution >= 0.6 is 15.9 Å². The predicted octanol–water partition coefficient (Wildman–Crippen LogP) is 3.72. The van der Waals surface area contributed by atoms with Crippen LogP contribution in [0.2, 0.25) is 0 Å². The van der Waals surface area contributed by atoms with Crippen molar-refractivity contribution in [2.24, 2.45) is 0 Å². The van der Waals surface area contributed by atoms with Crippen molar-refractivity contribution in [1.29, 1.82) is 0 Å². The highest BCUT2D eigenvalue weighted by Crippen LogP contribution is 2.29. The van der Waals surface area contributed by atoms with Crippen LogP contribution in [0.25, 0.3) is 0 Å². The van der Waals surface area contributed by atoms with Crippen molar-refractivity contribution < 1.29 is 9.47 Å². The summed E-state index contributed by atoms with van der Waals surface area (Å²) in [5.41, 5.74) is 1.25. The summed E-state index contributed by atoms with van der Waals surface area (Å²) < 4.78 is 12.6. The van der Waals surface area contributed by atoms with Gasteiger partial charge in [-0.3, -0.25) is 0 Å². The quantitative estimate of drug-likeness (QED) is 0.766. The highest BCUT2D eigenvalue weighted by atomic mass is 79.9. The van der Waals surface area contributed by atoms with Crippen LogP contribution in [0.15, 0.2) is 22.7 Å². The van der Waals surface area contributed by atoms with Crippen LogP contribution in [-0.2, 0) is 4.74 Å². The molecule has 0 bridgehead atoms. The molecule has 1 heterocycles. The van der Waals surface area contributed by atoms with Crippen molar-refractivity contribution in [1.82, 2.24) is 5.32 Å². The average Bonchev–Trinajstić information content (AvgIpc) is 2.92. The summed E-state index contributed by atoms with van der Waals surface area (Å²) >= 11 is 3.51. The third-order valence-electron chi connectivity index (χ3n) is 3.53. The van der Waals surface area contributed by atoms with Gasteiger partial charge in [0.1, 0.15) is 12.4 Å². The minimum Gasteiger partial charge on any atom is -0.492 e. The number of ether oxygens (including phenoxy) is 2. The molecule has 1 aromatic rings. The Morgan fingerprint density at radius 1 is 1.45 bits per heavy atom. The van der Waals surface area contributed by atoms with Gasteiger partial charge in [-0.15, -0.1) is 0 Å². The molecule has 1 aliphatic heterocycles. The summed E-state index contributed by atoms with van der Waals surface area (Å²) in [4.78, 5) is 0. The summed E-state index contributed by atoms with van der Waals surface area (Å²) in [5.74, 6) is 1.45. The van der Waals surface area contributed by atoms with E-state index in [9.17, 15) is 0 Å². The van der Waals surface area contributed by atoms with Gasteiger partial charge in [-0.25, -0.2) is 0 Å². The van der Waals surface area contributed by atoms with E-state index in [-0.39, 0.29) is 0 Å². The Bertz CT molecular complexity index is 417. The molecule has 4 heteroatoms. The van der Waals surface area contributed by atoms with Gasteiger partial charge in [0.05, 0.1) is 6.10 Å². The van der Waals surface area contributed by atoms with Gasteiger partial charge in [-0.05, 0) is 42.5 Å². The Balaban J connectivity index is 1.73. The zero-order valence-electron chi connectivity index (χ0n) is 12.3. The first-order valence-corrected chi connectivity index (χ1v) is 8.20. The van der Waals surface area contributed by atoms with Crippen LogP contribution in [0.1, 0.15) is 38.2 Å². The van der Waals surface area contributed by atoms with Gasteiger partial charge < -0.3 is 14.8 Å². The number of benzene rings is 1. The van der Waals surface area contributed by atoms with Crippen LogP contribution in [0, 0.1) is 0 Å². The summed E-state index contributed by atoms with van der Waals surface area (Å²) in [6, 6.07) is 6.21. The van der Waals surface area contributed by atoms with Crippen LogP contribution < -0.4 is 10.1 Å². The molecule has 1 saturated heterocycles. The number of nitrogens with one attached hydrogen (secondary N) is 1. The van der Waals surface area contributed by atoms with Gasteiger partial charge >= 0.3 is 0 Å². The van der Waals surface area contributed by atoms with E-state index >= 15 is 0 Å². The first-order chi connectivity index (χ1) is 9.66. The molecule has 0 spiro atoms. The van der Waals surface area contributed by atoms with Crippen LogP contribution in [0.3, 0.4) is 0 Å². The second-order valence-corrected chi connectivity index (χ2v) is 6.44. The fraction of sp³-hybridized carbons (Fsp3) is 0.625. The average molecular weight is 342 g/mol. The van der Waals surface area contributed by atoms with Crippen LogP contribution in [-0.4, -0.2) is 32.4 Å². The minimum atomic E-state index is 0.397. The molecule has 1 aliphatic rings. The fourth-order valence-electron chi connectivity index (χ4n) is 2.40. The summed E-state index contributed by atoms with van der Waals surface area (Å²) in [7, 11) is 0. The Labute approximate surface area is 130 Å². The molecule has 3 nitrogen and oxygen atoms in total. The second-order valence-electron chi connectivity index (χ2n) is 5.52. The van der Waals surface area contributed by atoms with Crippen LogP contribution in [0.5, 0.6) is 5.75 Å². The molecule has 1 fully saturated rings. The zero-order valence-corrected chi connectivity index (χ0v) is 13.9. The number of halogens is 1. The molecule has 2 rings (SSSR count). The Morgan fingerprint density at radius 3 is 3.00 bits per heavy atom. The summed E-state index contributed by atoms with van der Waals surface area (Å²) in [6.45, 7) is 7.76. The second kappa shape index (κ2) is 8.01. The lowest BCUT2D eigenvalue weighted by molar-refractivity contribution is 0.109. The molecule has 1 aromatic carbocycles. The van der Waals surface area contributed by atoms with Crippen molar-refractivity contribution in [2.75, 3.05) is 26.3 Å². The van der Waals surface area contributed by atoms with Crippen molar-refractivity contribution in [3.8, 4) is 5.75 Å². The number of hydrogen-bond acceptors (Lipinski definition) is 3. The van der Waals surface area contributed by atoms with Gasteiger partial charge in [0, 0.05) is 24.2 Å². The minimum absolute atomic E-state index is 0.397. The van der Waals surface area contributed by atoms with Gasteiger partial charge in [0.25, 0.3) is 0 Å². The normalized spacial score (nSPS) is 18.7. The SMILES string of the molecule is CC(C)c1cc(Br)ccc1OCCNC[C@H]1CCCO1. The topological polar surface area (TPSA) is 30.5 Å². The van der Waals surface area contributed by atoms with E-state index in [0.29, 0.717) is 18.6 Å². The smallest absolute Gasteiger partial charge is 0.122 e. The van der Waals surface area contributed by atoms with E-state index < -0.39 is 0 Å². The molecule has 0 aliphatic carbocycles. The maximum Gasteiger partial charge on any atom is 0.122 e. The molecule has 1 N–H and O–H groups in total.